The normalized spacial score (nSPS) is 16.1. The molecule has 4 rings (SSSR count). The van der Waals surface area contributed by atoms with E-state index in [0.29, 0.717) is 11.5 Å². The number of carbonyl (C=O) groups excluding carboxylic acids is 2. The lowest BCUT2D eigenvalue weighted by molar-refractivity contribution is -0.159. The maximum absolute atomic E-state index is 12.3. The third kappa shape index (κ3) is 6.92. The van der Waals surface area contributed by atoms with Crippen LogP contribution in [0.15, 0.2) is 93.5 Å². The van der Waals surface area contributed by atoms with Crippen molar-refractivity contribution in [1.82, 2.24) is 0 Å². The maximum atomic E-state index is 12.3. The van der Waals surface area contributed by atoms with Crippen LogP contribution < -0.4 is 9.47 Å². The van der Waals surface area contributed by atoms with Gasteiger partial charge in [-0.2, -0.15) is 0 Å². The van der Waals surface area contributed by atoms with Crippen molar-refractivity contribution < 1.29 is 23.8 Å². The summed E-state index contributed by atoms with van der Waals surface area (Å²) in [5.41, 5.74) is -0.353. The van der Waals surface area contributed by atoms with E-state index in [1.807, 2.05) is 73.7 Å². The van der Waals surface area contributed by atoms with Gasteiger partial charge in [0.2, 0.25) is 0 Å². The fourth-order valence-corrected chi connectivity index (χ4v) is 6.31. The van der Waals surface area contributed by atoms with Gasteiger partial charge in [0.05, 0.1) is 10.9 Å². The minimum absolute atomic E-state index is 0.105. The minimum atomic E-state index is -0.371. The molecule has 0 radical (unpaired) electrons. The van der Waals surface area contributed by atoms with Gasteiger partial charge in [-0.05, 0) is 100 Å². The predicted molar refractivity (Wildman–Crippen MR) is 144 cm³/mol. The highest BCUT2D eigenvalue weighted by molar-refractivity contribution is 9.10. The summed E-state index contributed by atoms with van der Waals surface area (Å²) in [4.78, 5) is 27.2. The molecule has 1 aliphatic carbocycles. The molecule has 0 saturated heterocycles. The number of halogens is 1. The molecule has 3 aromatic carbocycles. The first-order valence-electron chi connectivity index (χ1n) is 12.0. The molecule has 7 heteroatoms. The topological polar surface area (TPSA) is 61.8 Å². The number of alkyl halides is 1. The number of benzene rings is 3. The number of esters is 2. The molecule has 0 N–H and O–H groups in total. The molecular formula is C29H30BrO5S+. The van der Waals surface area contributed by atoms with Crippen molar-refractivity contribution in [3.05, 3.63) is 78.9 Å². The van der Waals surface area contributed by atoms with Crippen LogP contribution in [0.1, 0.15) is 39.5 Å². The third-order valence-electron chi connectivity index (χ3n) is 6.02. The highest BCUT2D eigenvalue weighted by Gasteiger charge is 2.33. The Morgan fingerprint density at radius 3 is 1.94 bits per heavy atom. The second-order valence-electron chi connectivity index (χ2n) is 9.02. The third-order valence-corrected chi connectivity index (χ3v) is 8.62. The Balaban J connectivity index is 1.47. The molecule has 5 nitrogen and oxygen atoms in total. The molecule has 2 unspecified atom stereocenters. The average Bonchev–Trinajstić information content (AvgIpc) is 3.31. The van der Waals surface area contributed by atoms with Gasteiger partial charge in [0.15, 0.2) is 21.3 Å². The first-order valence-corrected chi connectivity index (χ1v) is 14.2. The Kier molecular flexibility index (Phi) is 8.75. The number of hydrogen-bond donors (Lipinski definition) is 0. The highest BCUT2D eigenvalue weighted by atomic mass is 79.9. The molecule has 0 bridgehead atoms. The van der Waals surface area contributed by atoms with Crippen molar-refractivity contribution >= 4 is 38.8 Å². The molecular weight excluding hydrogens is 540 g/mol. The van der Waals surface area contributed by atoms with Gasteiger partial charge in [0.1, 0.15) is 21.9 Å². The molecule has 1 saturated carbocycles. The number of hydrogen-bond acceptors (Lipinski definition) is 5. The monoisotopic (exact) mass is 569 g/mol. The Morgan fingerprint density at radius 2 is 1.39 bits per heavy atom. The van der Waals surface area contributed by atoms with Crippen LogP contribution in [0.2, 0.25) is 0 Å². The molecule has 1 aliphatic rings. The smallest absolute Gasteiger partial charge is 0.344 e. The van der Waals surface area contributed by atoms with Gasteiger partial charge in [-0.25, -0.2) is 4.79 Å². The summed E-state index contributed by atoms with van der Waals surface area (Å²) in [5.74, 6) is 0.466. The van der Waals surface area contributed by atoms with Gasteiger partial charge in [-0.1, -0.05) is 34.1 Å². The Labute approximate surface area is 223 Å². The number of rotatable bonds is 9. The first-order chi connectivity index (χ1) is 17.3. The van der Waals surface area contributed by atoms with Gasteiger partial charge in [0, 0.05) is 0 Å². The fraction of sp³-hybridized carbons (Fsp3) is 0.310. The summed E-state index contributed by atoms with van der Waals surface area (Å²) >= 11 is 3.23. The van der Waals surface area contributed by atoms with Crippen LogP contribution in [0.25, 0.3) is 0 Å². The molecule has 0 heterocycles. The van der Waals surface area contributed by atoms with Crippen molar-refractivity contribution in [1.29, 1.82) is 0 Å². The second-order valence-corrected chi connectivity index (χ2v) is 12.4. The molecule has 0 aromatic heterocycles. The Morgan fingerprint density at radius 1 is 0.861 bits per heavy atom. The van der Waals surface area contributed by atoms with Gasteiger partial charge in [-0.15, -0.1) is 0 Å². The molecule has 36 heavy (non-hydrogen) atoms. The van der Waals surface area contributed by atoms with Crippen LogP contribution in [-0.2, 0) is 25.2 Å². The maximum Gasteiger partial charge on any atom is 0.344 e. The predicted octanol–water partition coefficient (Wildman–Crippen LogP) is 6.73. The van der Waals surface area contributed by atoms with E-state index < -0.39 is 0 Å². The van der Waals surface area contributed by atoms with Crippen LogP contribution in [0.4, 0.5) is 0 Å². The fourth-order valence-electron chi connectivity index (χ4n) is 4.15. The SMILES string of the molecule is CC(Br)C(=O)Oc1ccc([S+](c2ccccc2)c2ccc(OCC(=O)OC3(C)CCCC3)cc2)cc1. The van der Waals surface area contributed by atoms with Crippen LogP contribution >= 0.6 is 15.9 Å². The second kappa shape index (κ2) is 12.0. The minimum Gasteiger partial charge on any atom is -0.482 e. The van der Waals surface area contributed by atoms with E-state index in [-0.39, 0.29) is 39.9 Å². The Hall–Kier alpha value is -2.77. The summed E-state index contributed by atoms with van der Waals surface area (Å²) in [6.45, 7) is 3.62. The standard InChI is InChI=1S/C29H30BrO5S/c1-21(30)28(32)34-23-12-16-26(17-13-23)36(24-8-4-3-5-9-24)25-14-10-22(11-15-25)33-20-27(31)35-29(2)18-6-7-19-29/h3-5,8-17,21H,6-7,18-20H2,1-2H3/q+1. The van der Waals surface area contributed by atoms with E-state index in [2.05, 4.69) is 28.1 Å². The van der Waals surface area contributed by atoms with E-state index in [1.165, 1.54) is 4.90 Å². The largest absolute Gasteiger partial charge is 0.482 e. The van der Waals surface area contributed by atoms with E-state index in [4.69, 9.17) is 14.2 Å². The molecule has 188 valence electrons. The van der Waals surface area contributed by atoms with Gasteiger partial charge >= 0.3 is 11.9 Å². The zero-order valence-corrected chi connectivity index (χ0v) is 22.8. The van der Waals surface area contributed by atoms with Crippen LogP contribution in [-0.4, -0.2) is 29.0 Å². The summed E-state index contributed by atoms with van der Waals surface area (Å²) < 4.78 is 16.8. The quantitative estimate of drug-likeness (QED) is 0.124. The number of carbonyl (C=O) groups is 2. The molecule has 0 amide bonds. The van der Waals surface area contributed by atoms with E-state index >= 15 is 0 Å². The zero-order valence-electron chi connectivity index (χ0n) is 20.4. The van der Waals surface area contributed by atoms with Crippen LogP contribution in [0.3, 0.4) is 0 Å². The lowest BCUT2D eigenvalue weighted by Crippen LogP contribution is -2.30. The molecule has 1 fully saturated rings. The van der Waals surface area contributed by atoms with Crippen molar-refractivity contribution in [3.8, 4) is 11.5 Å². The van der Waals surface area contributed by atoms with E-state index in [9.17, 15) is 9.59 Å². The van der Waals surface area contributed by atoms with Gasteiger partial charge < -0.3 is 14.2 Å². The first kappa shape index (κ1) is 26.3. The zero-order chi connectivity index (χ0) is 25.5. The van der Waals surface area contributed by atoms with Crippen molar-refractivity contribution in [2.45, 2.75) is 64.6 Å². The summed E-state index contributed by atoms with van der Waals surface area (Å²) in [5, 5.41) is 0. The summed E-state index contributed by atoms with van der Waals surface area (Å²) in [7, 11) is -0.371. The van der Waals surface area contributed by atoms with Crippen LogP contribution in [0, 0.1) is 0 Å². The molecule has 0 spiro atoms. The van der Waals surface area contributed by atoms with Crippen molar-refractivity contribution in [3.63, 3.8) is 0 Å². The lowest BCUT2D eigenvalue weighted by Gasteiger charge is -2.23. The lowest BCUT2D eigenvalue weighted by atomic mass is 10.1. The number of ether oxygens (including phenoxy) is 3. The van der Waals surface area contributed by atoms with E-state index in [0.717, 1.165) is 35.5 Å². The molecule has 0 aliphatic heterocycles. The van der Waals surface area contributed by atoms with Crippen molar-refractivity contribution in [2.24, 2.45) is 0 Å². The molecule has 3 aromatic rings. The Bertz CT molecular complexity index is 1160. The van der Waals surface area contributed by atoms with Crippen molar-refractivity contribution in [2.75, 3.05) is 6.61 Å². The summed E-state index contributed by atoms with van der Waals surface area (Å²) in [6.07, 6.45) is 4.02. The summed E-state index contributed by atoms with van der Waals surface area (Å²) in [6, 6.07) is 25.7. The average molecular weight is 571 g/mol. The van der Waals surface area contributed by atoms with Gasteiger partial charge in [0.25, 0.3) is 0 Å². The highest BCUT2D eigenvalue weighted by Crippen LogP contribution is 2.34. The van der Waals surface area contributed by atoms with Crippen LogP contribution in [0.5, 0.6) is 11.5 Å². The molecule has 2 atom stereocenters. The van der Waals surface area contributed by atoms with E-state index in [1.54, 1.807) is 6.92 Å². The van der Waals surface area contributed by atoms with Gasteiger partial charge in [-0.3, -0.25) is 4.79 Å².